The van der Waals surface area contributed by atoms with Crippen LogP contribution in [-0.4, -0.2) is 15.5 Å². The van der Waals surface area contributed by atoms with Gasteiger partial charge in [-0.15, -0.1) is 0 Å². The highest BCUT2D eigenvalue weighted by atomic mass is 16.2. The van der Waals surface area contributed by atoms with Crippen molar-refractivity contribution in [2.45, 2.75) is 32.9 Å². The highest BCUT2D eigenvalue weighted by Gasteiger charge is 2.15. The van der Waals surface area contributed by atoms with Crippen molar-refractivity contribution in [1.29, 1.82) is 0 Å². The lowest BCUT2D eigenvalue weighted by molar-refractivity contribution is 0.0951. The third-order valence-electron chi connectivity index (χ3n) is 4.09. The molecule has 0 bridgehead atoms. The van der Waals surface area contributed by atoms with Crippen LogP contribution >= 0.6 is 0 Å². The Labute approximate surface area is 140 Å². The number of hydrogen-bond donors (Lipinski definition) is 2. The quantitative estimate of drug-likeness (QED) is 0.732. The first-order valence-corrected chi connectivity index (χ1v) is 8.23. The minimum atomic E-state index is -0.172. The number of amides is 1. The van der Waals surface area contributed by atoms with Crippen molar-refractivity contribution in [3.8, 4) is 0 Å². The summed E-state index contributed by atoms with van der Waals surface area (Å²) in [6.45, 7) is 3.15. The third kappa shape index (κ3) is 3.25. The van der Waals surface area contributed by atoms with Crippen molar-refractivity contribution in [3.05, 3.63) is 70.3 Å². The molecule has 2 N–H and O–H groups in total. The Hall–Kier alpha value is -2.82. The Kier molecular flexibility index (Phi) is 4.79. The molecular formula is C19H21N3O2. The SMILES string of the molecule is CCCCn1cc(C(=O)NCc2ccccc2)c2cc[nH]c2c1=O. The number of carbonyl (C=O) groups excluding carboxylic acids is 1. The largest absolute Gasteiger partial charge is 0.357 e. The maximum absolute atomic E-state index is 12.6. The summed E-state index contributed by atoms with van der Waals surface area (Å²) in [6, 6.07) is 11.5. The van der Waals surface area contributed by atoms with Gasteiger partial charge in [0.25, 0.3) is 11.5 Å². The van der Waals surface area contributed by atoms with E-state index in [-0.39, 0.29) is 11.5 Å². The summed E-state index contributed by atoms with van der Waals surface area (Å²) >= 11 is 0. The summed E-state index contributed by atoms with van der Waals surface area (Å²) in [5.41, 5.74) is 1.97. The van der Waals surface area contributed by atoms with E-state index >= 15 is 0 Å². The zero-order valence-electron chi connectivity index (χ0n) is 13.7. The van der Waals surface area contributed by atoms with E-state index in [1.807, 2.05) is 30.3 Å². The van der Waals surface area contributed by atoms with E-state index < -0.39 is 0 Å². The summed E-state index contributed by atoms with van der Waals surface area (Å²) in [7, 11) is 0. The number of nitrogens with zero attached hydrogens (tertiary/aromatic N) is 1. The van der Waals surface area contributed by atoms with Crippen LogP contribution < -0.4 is 10.9 Å². The Balaban J connectivity index is 1.89. The third-order valence-corrected chi connectivity index (χ3v) is 4.09. The van der Waals surface area contributed by atoms with Gasteiger partial charge in [0, 0.05) is 30.9 Å². The van der Waals surface area contributed by atoms with Crippen LogP contribution in [-0.2, 0) is 13.1 Å². The minimum absolute atomic E-state index is 0.0805. The lowest BCUT2D eigenvalue weighted by Gasteiger charge is -2.10. The van der Waals surface area contributed by atoms with E-state index in [2.05, 4.69) is 17.2 Å². The van der Waals surface area contributed by atoms with Crippen LogP contribution in [0, 0.1) is 0 Å². The van der Waals surface area contributed by atoms with Gasteiger partial charge in [0.1, 0.15) is 5.52 Å². The van der Waals surface area contributed by atoms with E-state index in [4.69, 9.17) is 0 Å². The number of aromatic amines is 1. The fourth-order valence-electron chi connectivity index (χ4n) is 2.75. The maximum atomic E-state index is 12.6. The van der Waals surface area contributed by atoms with E-state index in [1.54, 1.807) is 23.0 Å². The van der Waals surface area contributed by atoms with E-state index in [0.29, 0.717) is 29.6 Å². The predicted molar refractivity (Wildman–Crippen MR) is 95.1 cm³/mol. The Morgan fingerprint density at radius 1 is 1.21 bits per heavy atom. The van der Waals surface area contributed by atoms with Crippen LogP contribution in [0.4, 0.5) is 0 Å². The molecule has 0 saturated heterocycles. The average Bonchev–Trinajstić information content (AvgIpc) is 3.10. The number of hydrogen-bond acceptors (Lipinski definition) is 2. The van der Waals surface area contributed by atoms with Crippen LogP contribution in [0.5, 0.6) is 0 Å². The molecule has 2 aromatic heterocycles. The molecule has 2 heterocycles. The van der Waals surface area contributed by atoms with Crippen LogP contribution in [0.3, 0.4) is 0 Å². The van der Waals surface area contributed by atoms with Gasteiger partial charge in [-0.05, 0) is 18.1 Å². The molecule has 0 spiro atoms. The number of pyridine rings is 1. The second kappa shape index (κ2) is 7.17. The highest BCUT2D eigenvalue weighted by Crippen LogP contribution is 2.15. The van der Waals surface area contributed by atoms with E-state index in [1.165, 1.54) is 0 Å². The standard InChI is InChI=1S/C19H21N3O2/c1-2-3-11-22-13-16(15-9-10-20-17(15)19(22)24)18(23)21-12-14-7-5-4-6-8-14/h4-10,13,20H,2-3,11-12H2,1H3,(H,21,23). The first-order valence-electron chi connectivity index (χ1n) is 8.23. The minimum Gasteiger partial charge on any atom is -0.357 e. The molecule has 3 rings (SSSR count). The molecule has 0 aliphatic heterocycles. The summed E-state index contributed by atoms with van der Waals surface area (Å²) in [5, 5.41) is 3.60. The molecular weight excluding hydrogens is 302 g/mol. The number of unbranched alkanes of at least 4 members (excludes halogenated alkanes) is 1. The van der Waals surface area contributed by atoms with Gasteiger partial charge in [-0.25, -0.2) is 0 Å². The molecule has 0 unspecified atom stereocenters. The molecule has 0 atom stereocenters. The molecule has 0 aliphatic carbocycles. The van der Waals surface area contributed by atoms with Crippen LogP contribution in [0.15, 0.2) is 53.6 Å². The van der Waals surface area contributed by atoms with Crippen LogP contribution in [0.1, 0.15) is 35.7 Å². The van der Waals surface area contributed by atoms with E-state index in [0.717, 1.165) is 18.4 Å². The molecule has 5 heteroatoms. The number of fused-ring (bicyclic) bond motifs is 1. The molecule has 1 aromatic carbocycles. The van der Waals surface area contributed by atoms with Crippen molar-refractivity contribution >= 4 is 16.8 Å². The molecule has 0 fully saturated rings. The van der Waals surface area contributed by atoms with Gasteiger partial charge in [0.05, 0.1) is 5.56 Å². The molecule has 1 amide bonds. The van der Waals surface area contributed by atoms with E-state index in [9.17, 15) is 9.59 Å². The van der Waals surface area contributed by atoms with Crippen LogP contribution in [0.25, 0.3) is 10.9 Å². The number of aryl methyl sites for hydroxylation is 1. The van der Waals surface area contributed by atoms with Gasteiger partial charge >= 0.3 is 0 Å². The van der Waals surface area contributed by atoms with Crippen molar-refractivity contribution in [2.24, 2.45) is 0 Å². The second-order valence-electron chi connectivity index (χ2n) is 5.83. The second-order valence-corrected chi connectivity index (χ2v) is 5.83. The lowest BCUT2D eigenvalue weighted by Crippen LogP contribution is -2.27. The number of benzene rings is 1. The molecule has 124 valence electrons. The zero-order valence-corrected chi connectivity index (χ0v) is 13.7. The Morgan fingerprint density at radius 3 is 2.75 bits per heavy atom. The normalized spacial score (nSPS) is 10.9. The molecule has 5 nitrogen and oxygen atoms in total. The summed E-state index contributed by atoms with van der Waals surface area (Å²) < 4.78 is 1.62. The number of H-pyrrole nitrogens is 1. The lowest BCUT2D eigenvalue weighted by atomic mass is 10.1. The summed E-state index contributed by atoms with van der Waals surface area (Å²) in [4.78, 5) is 28.0. The summed E-state index contributed by atoms with van der Waals surface area (Å²) in [5.74, 6) is -0.172. The van der Waals surface area contributed by atoms with Crippen molar-refractivity contribution in [3.63, 3.8) is 0 Å². The van der Waals surface area contributed by atoms with Gasteiger partial charge in [-0.3, -0.25) is 9.59 Å². The predicted octanol–water partition coefficient (Wildman–Crippen LogP) is 3.06. The maximum Gasteiger partial charge on any atom is 0.274 e. The molecule has 0 aliphatic rings. The van der Waals surface area contributed by atoms with Crippen molar-refractivity contribution in [2.75, 3.05) is 0 Å². The highest BCUT2D eigenvalue weighted by molar-refractivity contribution is 6.05. The number of nitrogens with one attached hydrogen (secondary N) is 2. The Morgan fingerprint density at radius 2 is 2.00 bits per heavy atom. The van der Waals surface area contributed by atoms with Crippen LogP contribution in [0.2, 0.25) is 0 Å². The molecule has 3 aromatic rings. The summed E-state index contributed by atoms with van der Waals surface area (Å²) in [6.07, 6.45) is 5.26. The van der Waals surface area contributed by atoms with Gasteiger partial charge < -0.3 is 14.9 Å². The van der Waals surface area contributed by atoms with Gasteiger partial charge in [-0.2, -0.15) is 0 Å². The Bertz CT molecular complexity index is 894. The van der Waals surface area contributed by atoms with Gasteiger partial charge in [0.15, 0.2) is 0 Å². The number of rotatable bonds is 6. The fourth-order valence-corrected chi connectivity index (χ4v) is 2.75. The smallest absolute Gasteiger partial charge is 0.274 e. The average molecular weight is 323 g/mol. The number of aromatic nitrogens is 2. The first-order chi connectivity index (χ1) is 11.7. The molecule has 24 heavy (non-hydrogen) atoms. The molecule has 0 saturated carbocycles. The monoisotopic (exact) mass is 323 g/mol. The van der Waals surface area contributed by atoms with Gasteiger partial charge in [0.2, 0.25) is 0 Å². The van der Waals surface area contributed by atoms with Gasteiger partial charge in [-0.1, -0.05) is 43.7 Å². The van der Waals surface area contributed by atoms with Crippen molar-refractivity contribution in [1.82, 2.24) is 14.9 Å². The first kappa shape index (κ1) is 16.1. The number of carbonyl (C=O) groups is 1. The van der Waals surface area contributed by atoms with Crippen molar-refractivity contribution < 1.29 is 4.79 Å². The molecule has 0 radical (unpaired) electrons. The topological polar surface area (TPSA) is 66.9 Å². The fraction of sp³-hybridized carbons (Fsp3) is 0.263. The zero-order chi connectivity index (χ0) is 16.9.